The number of hydrogen-bond acceptors (Lipinski definition) is 3. The Bertz CT molecular complexity index is 548. The molecular weight excluding hydrogens is 252 g/mol. The van der Waals surface area contributed by atoms with Crippen molar-refractivity contribution in [3.05, 3.63) is 58.2 Å². The van der Waals surface area contributed by atoms with Gasteiger partial charge in [-0.2, -0.15) is 0 Å². The maximum absolute atomic E-state index is 11.3. The maximum atomic E-state index is 11.3. The third kappa shape index (κ3) is 5.74. The lowest BCUT2D eigenvalue weighted by atomic mass is 10.1. The molecule has 0 amide bonds. The summed E-state index contributed by atoms with van der Waals surface area (Å²) >= 11 is 0. The molecule has 0 saturated carbocycles. The topological polar surface area (TPSA) is 50.4 Å². The third-order valence-electron chi connectivity index (χ3n) is 2.89. The highest BCUT2D eigenvalue weighted by atomic mass is 16.4. The molecule has 20 heavy (non-hydrogen) atoms. The molecule has 0 radical (unpaired) electrons. The van der Waals surface area contributed by atoms with Crippen molar-refractivity contribution in [3.8, 4) is 5.75 Å². The van der Waals surface area contributed by atoms with Crippen LogP contribution in [0.3, 0.4) is 0 Å². The summed E-state index contributed by atoms with van der Waals surface area (Å²) in [5, 5.41) is 9.52. The molecule has 1 heterocycles. The average molecular weight is 274 g/mol. The van der Waals surface area contributed by atoms with Crippen LogP contribution in [0, 0.1) is 6.92 Å². The Morgan fingerprint density at radius 3 is 2.55 bits per heavy atom. The van der Waals surface area contributed by atoms with E-state index < -0.39 is 5.63 Å². The van der Waals surface area contributed by atoms with Crippen molar-refractivity contribution in [2.24, 2.45) is 0 Å². The normalized spacial score (nSPS) is 12.1. The monoisotopic (exact) mass is 274 g/mol. The van der Waals surface area contributed by atoms with Crippen LogP contribution >= 0.6 is 0 Å². The molecule has 1 aromatic heterocycles. The molecule has 3 heteroatoms. The van der Waals surface area contributed by atoms with E-state index in [2.05, 4.69) is 12.2 Å². The Balaban J connectivity index is 2.33. The molecule has 0 unspecified atom stereocenters. The SMILES string of the molecule is CC=CC=CCCCCC=Cc1cc(O)c(C)c(=O)o1. The van der Waals surface area contributed by atoms with Gasteiger partial charge in [0, 0.05) is 6.07 Å². The van der Waals surface area contributed by atoms with Crippen LogP contribution < -0.4 is 5.63 Å². The molecule has 0 aliphatic rings. The standard InChI is InChI=1S/C17H22O3/c1-3-4-5-6-7-8-9-10-11-12-15-13-16(18)14(2)17(19)20-15/h3-6,11-13,18H,7-10H2,1-2H3. The van der Waals surface area contributed by atoms with Crippen LogP contribution in [0.1, 0.15) is 43.9 Å². The van der Waals surface area contributed by atoms with Crippen LogP contribution in [0.15, 0.2) is 45.7 Å². The predicted octanol–water partition coefficient (Wildman–Crippen LogP) is 4.36. The second-order valence-corrected chi connectivity index (χ2v) is 4.59. The summed E-state index contributed by atoms with van der Waals surface area (Å²) in [7, 11) is 0. The average Bonchev–Trinajstić information content (AvgIpc) is 2.43. The number of unbranched alkanes of at least 4 members (excludes halogenated alkanes) is 3. The van der Waals surface area contributed by atoms with Crippen molar-refractivity contribution >= 4 is 6.08 Å². The van der Waals surface area contributed by atoms with E-state index in [4.69, 9.17) is 4.42 Å². The minimum absolute atomic E-state index is 0.0185. The van der Waals surface area contributed by atoms with Gasteiger partial charge in [0.2, 0.25) is 0 Å². The van der Waals surface area contributed by atoms with E-state index in [1.165, 1.54) is 13.0 Å². The highest BCUT2D eigenvalue weighted by molar-refractivity contribution is 5.46. The molecule has 0 aliphatic carbocycles. The summed E-state index contributed by atoms with van der Waals surface area (Å²) in [6, 6.07) is 1.47. The van der Waals surface area contributed by atoms with Gasteiger partial charge in [0.05, 0.1) is 5.56 Å². The van der Waals surface area contributed by atoms with Crippen LogP contribution in [0.25, 0.3) is 6.08 Å². The van der Waals surface area contributed by atoms with E-state index >= 15 is 0 Å². The molecule has 1 N–H and O–H groups in total. The molecule has 1 aromatic rings. The van der Waals surface area contributed by atoms with Crippen molar-refractivity contribution < 1.29 is 9.52 Å². The Morgan fingerprint density at radius 2 is 1.90 bits per heavy atom. The summed E-state index contributed by atoms with van der Waals surface area (Å²) in [5.74, 6) is 0.376. The van der Waals surface area contributed by atoms with Gasteiger partial charge in [0.1, 0.15) is 11.5 Å². The quantitative estimate of drug-likeness (QED) is 0.593. The number of rotatable bonds is 7. The molecule has 3 nitrogen and oxygen atoms in total. The van der Waals surface area contributed by atoms with Gasteiger partial charge >= 0.3 is 5.63 Å². The van der Waals surface area contributed by atoms with Crippen molar-refractivity contribution in [1.29, 1.82) is 0 Å². The van der Waals surface area contributed by atoms with E-state index in [0.29, 0.717) is 5.76 Å². The molecule has 0 aliphatic heterocycles. The lowest BCUT2D eigenvalue weighted by Crippen LogP contribution is -2.03. The smallest absolute Gasteiger partial charge is 0.342 e. The number of aromatic hydroxyl groups is 1. The molecular formula is C17H22O3. The van der Waals surface area contributed by atoms with E-state index in [1.54, 1.807) is 6.08 Å². The molecule has 0 fully saturated rings. The fourth-order valence-corrected chi connectivity index (χ4v) is 1.65. The lowest BCUT2D eigenvalue weighted by Gasteiger charge is -1.98. The maximum Gasteiger partial charge on any atom is 0.342 e. The first-order chi connectivity index (χ1) is 9.65. The fourth-order valence-electron chi connectivity index (χ4n) is 1.65. The summed E-state index contributed by atoms with van der Waals surface area (Å²) < 4.78 is 5.04. The van der Waals surface area contributed by atoms with Crippen LogP contribution in [0.4, 0.5) is 0 Å². The second kappa shape index (κ2) is 8.97. The first kappa shape index (κ1) is 16.0. The second-order valence-electron chi connectivity index (χ2n) is 4.59. The predicted molar refractivity (Wildman–Crippen MR) is 82.8 cm³/mol. The Hall–Kier alpha value is -2.03. The molecule has 0 bridgehead atoms. The van der Waals surface area contributed by atoms with Gasteiger partial charge in [0.25, 0.3) is 0 Å². The van der Waals surface area contributed by atoms with Crippen molar-refractivity contribution in [1.82, 2.24) is 0 Å². The minimum Gasteiger partial charge on any atom is -0.507 e. The van der Waals surface area contributed by atoms with Crippen LogP contribution in [0.2, 0.25) is 0 Å². The first-order valence-corrected chi connectivity index (χ1v) is 6.93. The van der Waals surface area contributed by atoms with Gasteiger partial charge < -0.3 is 9.52 Å². The fraction of sp³-hybridized carbons (Fsp3) is 0.353. The lowest BCUT2D eigenvalue weighted by molar-refractivity contribution is 0.436. The zero-order valence-corrected chi connectivity index (χ0v) is 12.1. The molecule has 0 saturated heterocycles. The zero-order chi connectivity index (χ0) is 14.8. The Kier molecular flexibility index (Phi) is 7.18. The Labute approximate surface area is 120 Å². The zero-order valence-electron chi connectivity index (χ0n) is 12.1. The summed E-state index contributed by atoms with van der Waals surface area (Å²) in [6.07, 6.45) is 16.1. The van der Waals surface area contributed by atoms with Crippen molar-refractivity contribution in [2.75, 3.05) is 0 Å². The molecule has 0 atom stereocenters. The minimum atomic E-state index is -0.487. The number of hydrogen-bond donors (Lipinski definition) is 1. The van der Waals surface area contributed by atoms with Gasteiger partial charge in [-0.25, -0.2) is 4.79 Å². The van der Waals surface area contributed by atoms with Crippen LogP contribution in [-0.2, 0) is 0 Å². The van der Waals surface area contributed by atoms with E-state index in [1.807, 2.05) is 25.2 Å². The van der Waals surface area contributed by atoms with E-state index in [9.17, 15) is 9.90 Å². The largest absolute Gasteiger partial charge is 0.507 e. The van der Waals surface area contributed by atoms with Crippen molar-refractivity contribution in [2.45, 2.75) is 39.5 Å². The van der Waals surface area contributed by atoms with Gasteiger partial charge in [-0.3, -0.25) is 0 Å². The van der Waals surface area contributed by atoms with E-state index in [0.717, 1.165) is 25.7 Å². The van der Waals surface area contributed by atoms with Gasteiger partial charge in [-0.15, -0.1) is 0 Å². The number of allylic oxidation sites excluding steroid dienone is 5. The van der Waals surface area contributed by atoms with Gasteiger partial charge in [0.15, 0.2) is 0 Å². The first-order valence-electron chi connectivity index (χ1n) is 6.93. The summed E-state index contributed by atoms with van der Waals surface area (Å²) in [5.41, 5.74) is -0.242. The Morgan fingerprint density at radius 1 is 1.20 bits per heavy atom. The summed E-state index contributed by atoms with van der Waals surface area (Å²) in [6.45, 7) is 3.53. The van der Waals surface area contributed by atoms with Crippen LogP contribution in [-0.4, -0.2) is 5.11 Å². The molecule has 108 valence electrons. The van der Waals surface area contributed by atoms with E-state index in [-0.39, 0.29) is 11.3 Å². The van der Waals surface area contributed by atoms with Gasteiger partial charge in [-0.1, -0.05) is 30.4 Å². The van der Waals surface area contributed by atoms with Gasteiger partial charge in [-0.05, 0) is 45.6 Å². The highest BCUT2D eigenvalue weighted by Crippen LogP contribution is 2.15. The highest BCUT2D eigenvalue weighted by Gasteiger charge is 2.03. The van der Waals surface area contributed by atoms with Crippen molar-refractivity contribution in [3.63, 3.8) is 0 Å². The molecule has 0 aromatic carbocycles. The molecule has 1 rings (SSSR count). The molecule has 0 spiro atoms. The summed E-state index contributed by atoms with van der Waals surface area (Å²) in [4.78, 5) is 11.3. The van der Waals surface area contributed by atoms with Crippen LogP contribution in [0.5, 0.6) is 5.75 Å². The third-order valence-corrected chi connectivity index (χ3v) is 2.89.